The van der Waals surface area contributed by atoms with Crippen molar-refractivity contribution in [3.05, 3.63) is 53.1 Å². The Morgan fingerprint density at radius 2 is 1.67 bits per heavy atom. The second-order valence-electron chi connectivity index (χ2n) is 16.6. The molecule has 1 aromatic heterocycles. The third-order valence-electron chi connectivity index (χ3n) is 12.0. The number of likely N-dealkylation sites (tertiary alicyclic amines) is 2. The molecule has 1 N–H and O–H groups in total. The van der Waals surface area contributed by atoms with E-state index in [4.69, 9.17) is 9.47 Å². The maximum Gasteiger partial charge on any atom is 0.410 e. The summed E-state index contributed by atoms with van der Waals surface area (Å²) in [6.45, 7) is 6.94. The number of rotatable bonds is 6. The van der Waals surface area contributed by atoms with E-state index in [1.54, 1.807) is 24.1 Å². The fourth-order valence-electron chi connectivity index (χ4n) is 9.44. The minimum atomic E-state index is -4.00. The lowest BCUT2D eigenvalue weighted by atomic mass is 9.81. The Balaban J connectivity index is 1.23. The number of methoxy groups -OCH3 is 1. The van der Waals surface area contributed by atoms with E-state index in [0.29, 0.717) is 32.0 Å². The van der Waals surface area contributed by atoms with Crippen LogP contribution in [0.3, 0.4) is 0 Å². The summed E-state index contributed by atoms with van der Waals surface area (Å²) >= 11 is 0. The highest BCUT2D eigenvalue weighted by molar-refractivity contribution is 7.87. The molecule has 12 nitrogen and oxygen atoms in total. The van der Waals surface area contributed by atoms with Crippen LogP contribution in [0.2, 0.25) is 0 Å². The highest BCUT2D eigenvalue weighted by Gasteiger charge is 2.65. The zero-order valence-corrected chi connectivity index (χ0v) is 31.7. The number of carbonyl (C=O) groups is 3. The van der Waals surface area contributed by atoms with E-state index in [1.165, 1.54) is 26.1 Å². The summed E-state index contributed by atoms with van der Waals surface area (Å²) < 4.78 is 42.1. The van der Waals surface area contributed by atoms with Crippen molar-refractivity contribution in [2.24, 2.45) is 5.41 Å². The van der Waals surface area contributed by atoms with E-state index in [2.05, 4.69) is 21.4 Å². The second-order valence-corrected chi connectivity index (χ2v) is 18.5. The van der Waals surface area contributed by atoms with Crippen molar-refractivity contribution in [2.75, 3.05) is 34.3 Å². The molecule has 2 aromatic carbocycles. The van der Waals surface area contributed by atoms with E-state index in [1.807, 2.05) is 37.8 Å². The summed E-state index contributed by atoms with van der Waals surface area (Å²) in [5.74, 6) is 0.414. The molecule has 2 saturated heterocycles. The van der Waals surface area contributed by atoms with Gasteiger partial charge in [0.2, 0.25) is 5.91 Å². The minimum Gasteiger partial charge on any atom is -0.497 e. The molecule has 2 bridgehead atoms. The normalized spacial score (nSPS) is 25.4. The average molecular weight is 732 g/mol. The third kappa shape index (κ3) is 5.66. The van der Waals surface area contributed by atoms with Gasteiger partial charge in [0.15, 0.2) is 0 Å². The number of hydrogen-bond acceptors (Lipinski definition) is 7. The molecular weight excluding hydrogens is 683 g/mol. The molecule has 278 valence electrons. The molecule has 5 aliphatic rings. The highest BCUT2D eigenvalue weighted by atomic mass is 32.2. The van der Waals surface area contributed by atoms with Gasteiger partial charge in [-0.1, -0.05) is 25.3 Å². The van der Waals surface area contributed by atoms with Crippen LogP contribution >= 0.6 is 0 Å². The summed E-state index contributed by atoms with van der Waals surface area (Å²) in [6.07, 6.45) is 6.66. The zero-order valence-electron chi connectivity index (χ0n) is 30.9. The topological polar surface area (TPSA) is 130 Å². The molecule has 52 heavy (non-hydrogen) atoms. The van der Waals surface area contributed by atoms with E-state index in [0.717, 1.165) is 69.9 Å². The molecule has 4 atom stereocenters. The molecule has 13 heteroatoms. The van der Waals surface area contributed by atoms with Crippen LogP contribution in [0.5, 0.6) is 5.75 Å². The monoisotopic (exact) mass is 731 g/mol. The van der Waals surface area contributed by atoms with Crippen LogP contribution in [-0.2, 0) is 26.3 Å². The number of amides is 3. The number of benzene rings is 2. The van der Waals surface area contributed by atoms with Gasteiger partial charge in [0.1, 0.15) is 11.4 Å². The maximum absolute atomic E-state index is 15.0. The van der Waals surface area contributed by atoms with E-state index < -0.39 is 27.1 Å². The summed E-state index contributed by atoms with van der Waals surface area (Å²) in [7, 11) is 0.405. The van der Waals surface area contributed by atoms with Crippen LogP contribution in [-0.4, -0.2) is 97.0 Å². The molecule has 8 rings (SSSR count). The van der Waals surface area contributed by atoms with E-state index in [-0.39, 0.29) is 35.6 Å². The zero-order chi connectivity index (χ0) is 36.9. The number of nitrogens with zero attached hydrogens (tertiary/aromatic N) is 4. The first-order valence-corrected chi connectivity index (χ1v) is 20.0. The first kappa shape index (κ1) is 35.0. The maximum atomic E-state index is 15.0. The van der Waals surface area contributed by atoms with Crippen molar-refractivity contribution < 1.29 is 32.3 Å². The Labute approximate surface area is 305 Å². The fraction of sp³-hybridized carbons (Fsp3) is 0.564. The number of fused-ring (bicyclic) bond motifs is 9. The van der Waals surface area contributed by atoms with Gasteiger partial charge >= 0.3 is 16.3 Å². The number of carbonyl (C=O) groups excluding carboxylic acids is 3. The SMILES string of the molecule is COc1ccc2c(c1)C1CC1(C(=O)N1C[C@@H]3C[C@H]1CN3C(=O)OC(C)(C)C)Cn1c-2c(C2CCCCC2)c2ccc(C(=O)NS(=O)(=O)N(C)C)cc21. The molecule has 3 aromatic rings. The first-order chi connectivity index (χ1) is 24.6. The van der Waals surface area contributed by atoms with Crippen LogP contribution in [0.1, 0.15) is 99.0 Å². The van der Waals surface area contributed by atoms with Crippen molar-refractivity contribution in [1.29, 1.82) is 0 Å². The molecular formula is C39H49N5O7S. The first-order valence-electron chi connectivity index (χ1n) is 18.5. The lowest BCUT2D eigenvalue weighted by Gasteiger charge is -2.37. The van der Waals surface area contributed by atoms with Crippen molar-refractivity contribution in [3.8, 4) is 17.0 Å². The van der Waals surface area contributed by atoms with Gasteiger partial charge in [-0.25, -0.2) is 9.52 Å². The Morgan fingerprint density at radius 1 is 0.962 bits per heavy atom. The molecule has 3 amide bonds. The number of hydrogen-bond donors (Lipinski definition) is 1. The Hall–Kier alpha value is -4.10. The highest BCUT2D eigenvalue weighted by Crippen LogP contribution is 2.66. The Bertz CT molecular complexity index is 2100. The van der Waals surface area contributed by atoms with Gasteiger partial charge in [-0.15, -0.1) is 0 Å². The standard InChI is InChI=1S/C39H49N5O7S/c1-38(2,3)51-37(47)43-21-25-17-26(43)20-42(25)36(46)39-19-31(39)30-18-27(50-6)13-15-28(30)34-33(23-10-8-7-9-11-23)29-14-12-24(16-32(29)44(34)22-39)35(45)40-52(48,49)41(4)5/h12-16,18,23,25-26,31H,7-11,17,19-22H2,1-6H3,(H,40,45)/t25-,26-,31?,39?/m0/s1. The average Bonchev–Trinajstić information content (AvgIpc) is 3.34. The number of piperazine rings is 1. The molecule has 4 fully saturated rings. The molecule has 4 heterocycles. The molecule has 2 saturated carbocycles. The lowest BCUT2D eigenvalue weighted by molar-refractivity contribution is -0.140. The lowest BCUT2D eigenvalue weighted by Crippen LogP contribution is -2.53. The molecule has 3 aliphatic heterocycles. The van der Waals surface area contributed by atoms with E-state index in [9.17, 15) is 18.0 Å². The summed E-state index contributed by atoms with van der Waals surface area (Å²) in [5, 5.41) is 1.03. The van der Waals surface area contributed by atoms with Crippen LogP contribution < -0.4 is 9.46 Å². The van der Waals surface area contributed by atoms with Crippen LogP contribution in [0.4, 0.5) is 4.79 Å². The van der Waals surface area contributed by atoms with Crippen molar-refractivity contribution in [3.63, 3.8) is 0 Å². The van der Waals surface area contributed by atoms with Gasteiger partial charge in [0.05, 0.1) is 30.3 Å². The summed E-state index contributed by atoms with van der Waals surface area (Å²) in [4.78, 5) is 45.3. The quantitative estimate of drug-likeness (QED) is 0.349. The van der Waals surface area contributed by atoms with E-state index >= 15 is 4.79 Å². The van der Waals surface area contributed by atoms with Gasteiger partial charge in [-0.05, 0) is 93.8 Å². The van der Waals surface area contributed by atoms with Gasteiger partial charge in [-0.2, -0.15) is 12.7 Å². The minimum absolute atomic E-state index is 0.0305. The van der Waals surface area contributed by atoms with Gasteiger partial charge in [0, 0.05) is 61.7 Å². The predicted molar refractivity (Wildman–Crippen MR) is 196 cm³/mol. The molecule has 0 spiro atoms. The van der Waals surface area contributed by atoms with Crippen LogP contribution in [0.15, 0.2) is 36.4 Å². The summed E-state index contributed by atoms with van der Waals surface area (Å²) in [5.41, 5.74) is 4.23. The predicted octanol–water partition coefficient (Wildman–Crippen LogP) is 5.61. The van der Waals surface area contributed by atoms with Gasteiger partial charge < -0.3 is 23.8 Å². The molecule has 2 unspecified atom stereocenters. The third-order valence-corrected chi connectivity index (χ3v) is 13.4. The molecule has 0 radical (unpaired) electrons. The van der Waals surface area contributed by atoms with Gasteiger partial charge in [0.25, 0.3) is 5.91 Å². The summed E-state index contributed by atoms with van der Waals surface area (Å²) in [6, 6.07) is 11.5. The fourth-order valence-corrected chi connectivity index (χ4v) is 9.97. The molecule has 2 aliphatic carbocycles. The largest absolute Gasteiger partial charge is 0.497 e. The second kappa shape index (κ2) is 12.2. The van der Waals surface area contributed by atoms with Crippen LogP contribution in [0.25, 0.3) is 22.2 Å². The Morgan fingerprint density at radius 3 is 2.33 bits per heavy atom. The number of nitrogens with one attached hydrogen (secondary N) is 1. The van der Waals surface area contributed by atoms with Crippen molar-refractivity contribution in [1.82, 2.24) is 23.4 Å². The number of aromatic nitrogens is 1. The van der Waals surface area contributed by atoms with Crippen molar-refractivity contribution in [2.45, 2.75) is 102 Å². The Kier molecular flexibility index (Phi) is 8.22. The number of ether oxygens (including phenoxy) is 2. The van der Waals surface area contributed by atoms with Crippen molar-refractivity contribution >= 4 is 39.0 Å². The van der Waals surface area contributed by atoms with Gasteiger partial charge in [-0.3, -0.25) is 9.59 Å². The van der Waals surface area contributed by atoms with Crippen LogP contribution in [0, 0.1) is 5.41 Å². The smallest absolute Gasteiger partial charge is 0.410 e.